The van der Waals surface area contributed by atoms with Crippen LogP contribution in [0.25, 0.3) is 0 Å². The highest BCUT2D eigenvalue weighted by Gasteiger charge is 2.43. The Morgan fingerprint density at radius 2 is 1.78 bits per heavy atom. The Hall–Kier alpha value is -1.74. The molecule has 4 rings (SSSR count). The molecular weight excluding hydrogens is 222 g/mol. The van der Waals surface area contributed by atoms with E-state index in [4.69, 9.17) is 0 Å². The molecule has 0 spiro atoms. The molecule has 2 aromatic rings. The van der Waals surface area contributed by atoms with Crippen LogP contribution >= 0.6 is 0 Å². The lowest BCUT2D eigenvalue weighted by Crippen LogP contribution is -2.19. The molecule has 2 aliphatic rings. The van der Waals surface area contributed by atoms with E-state index in [0.717, 1.165) is 12.2 Å². The third kappa shape index (κ3) is 1.40. The normalized spacial score (nSPS) is 25.3. The van der Waals surface area contributed by atoms with Crippen LogP contribution in [0.1, 0.15) is 41.7 Å². The molecule has 2 atom stereocenters. The number of nitrogens with zero attached hydrogens (tertiary/aromatic N) is 3. The summed E-state index contributed by atoms with van der Waals surface area (Å²) in [6, 6.07) is 10.0. The smallest absolute Gasteiger partial charge is 0.0727 e. The Bertz CT molecular complexity index is 536. The first-order chi connectivity index (χ1) is 8.93. The van der Waals surface area contributed by atoms with Gasteiger partial charge >= 0.3 is 0 Å². The molecular formula is C15H15N3. The van der Waals surface area contributed by atoms with Crippen LogP contribution in [-0.2, 0) is 6.54 Å². The van der Waals surface area contributed by atoms with E-state index in [9.17, 15) is 0 Å². The minimum Gasteiger partial charge on any atom is -0.283 e. The van der Waals surface area contributed by atoms with Crippen LogP contribution in [0.3, 0.4) is 0 Å². The van der Waals surface area contributed by atoms with E-state index < -0.39 is 0 Å². The number of aromatic nitrogens is 2. The molecule has 1 aromatic carbocycles. The van der Waals surface area contributed by atoms with Crippen LogP contribution in [0.15, 0.2) is 42.9 Å². The summed E-state index contributed by atoms with van der Waals surface area (Å²) in [7, 11) is 0. The molecule has 0 saturated carbocycles. The van der Waals surface area contributed by atoms with Gasteiger partial charge in [0, 0.05) is 37.2 Å². The van der Waals surface area contributed by atoms with Crippen molar-refractivity contribution in [3.63, 3.8) is 0 Å². The van der Waals surface area contributed by atoms with Crippen LogP contribution in [0.4, 0.5) is 0 Å². The quantitative estimate of drug-likeness (QED) is 0.804. The largest absolute Gasteiger partial charge is 0.283 e. The third-order valence-electron chi connectivity index (χ3n) is 4.19. The maximum absolute atomic E-state index is 4.40. The summed E-state index contributed by atoms with van der Waals surface area (Å²) in [6.07, 6.45) is 7.95. The van der Waals surface area contributed by atoms with E-state index in [0.29, 0.717) is 12.1 Å². The zero-order valence-electron chi connectivity index (χ0n) is 10.2. The van der Waals surface area contributed by atoms with E-state index in [-0.39, 0.29) is 0 Å². The molecule has 3 nitrogen and oxygen atoms in total. The predicted octanol–water partition coefficient (Wildman–Crippen LogP) is 2.87. The molecule has 2 bridgehead atoms. The fraction of sp³-hybridized carbons (Fsp3) is 0.333. The highest BCUT2D eigenvalue weighted by molar-refractivity contribution is 5.40. The van der Waals surface area contributed by atoms with Crippen molar-refractivity contribution in [3.8, 4) is 0 Å². The second-order valence-corrected chi connectivity index (χ2v) is 5.11. The summed E-state index contributed by atoms with van der Waals surface area (Å²) >= 11 is 0. The fourth-order valence-electron chi connectivity index (χ4n) is 3.47. The average molecular weight is 237 g/mol. The summed E-state index contributed by atoms with van der Waals surface area (Å²) in [6.45, 7) is 0.915. The van der Waals surface area contributed by atoms with Gasteiger partial charge in [-0.25, -0.2) is 0 Å². The molecule has 1 fully saturated rings. The molecule has 3 heteroatoms. The van der Waals surface area contributed by atoms with Gasteiger partial charge in [0.15, 0.2) is 0 Å². The number of hydrogen-bond acceptors (Lipinski definition) is 3. The Kier molecular flexibility index (Phi) is 2.20. The lowest BCUT2D eigenvalue weighted by atomic mass is 9.92. The second kappa shape index (κ2) is 3.89. The van der Waals surface area contributed by atoms with Gasteiger partial charge in [-0.3, -0.25) is 14.9 Å². The maximum atomic E-state index is 4.40. The standard InChI is InChI=1S/C15H15N3/c1-2-4-13-12(3-1)14-5-6-15(13)18(14)10-11-9-16-7-8-17-11/h1-4,7-9,14-15H,5-6,10H2. The summed E-state index contributed by atoms with van der Waals surface area (Å²) in [5.74, 6) is 0. The summed E-state index contributed by atoms with van der Waals surface area (Å²) in [4.78, 5) is 11.1. The van der Waals surface area contributed by atoms with Gasteiger partial charge in [0.2, 0.25) is 0 Å². The zero-order chi connectivity index (χ0) is 11.9. The average Bonchev–Trinajstić information content (AvgIpc) is 2.96. The van der Waals surface area contributed by atoms with E-state index >= 15 is 0 Å². The van der Waals surface area contributed by atoms with Gasteiger partial charge in [0.05, 0.1) is 5.69 Å². The summed E-state index contributed by atoms with van der Waals surface area (Å²) < 4.78 is 0. The molecule has 3 heterocycles. The van der Waals surface area contributed by atoms with Crippen molar-refractivity contribution in [2.45, 2.75) is 31.5 Å². The zero-order valence-corrected chi connectivity index (χ0v) is 10.2. The van der Waals surface area contributed by atoms with Crippen molar-refractivity contribution in [1.29, 1.82) is 0 Å². The Labute approximate surface area is 107 Å². The Morgan fingerprint density at radius 1 is 1.06 bits per heavy atom. The fourth-order valence-corrected chi connectivity index (χ4v) is 3.47. The maximum Gasteiger partial charge on any atom is 0.0727 e. The molecule has 2 aliphatic heterocycles. The molecule has 90 valence electrons. The lowest BCUT2D eigenvalue weighted by Gasteiger charge is -2.21. The van der Waals surface area contributed by atoms with Crippen LogP contribution < -0.4 is 0 Å². The van der Waals surface area contributed by atoms with Crippen molar-refractivity contribution in [3.05, 3.63) is 59.7 Å². The predicted molar refractivity (Wildman–Crippen MR) is 68.7 cm³/mol. The van der Waals surface area contributed by atoms with Crippen molar-refractivity contribution in [2.75, 3.05) is 0 Å². The van der Waals surface area contributed by atoms with Gasteiger partial charge < -0.3 is 0 Å². The number of benzene rings is 1. The van der Waals surface area contributed by atoms with Crippen molar-refractivity contribution >= 4 is 0 Å². The van der Waals surface area contributed by atoms with Gasteiger partial charge in [-0.1, -0.05) is 24.3 Å². The van der Waals surface area contributed by atoms with E-state index in [1.807, 2.05) is 6.20 Å². The Morgan fingerprint density at radius 3 is 2.39 bits per heavy atom. The van der Waals surface area contributed by atoms with E-state index in [2.05, 4.69) is 39.1 Å². The van der Waals surface area contributed by atoms with E-state index in [1.54, 1.807) is 12.4 Å². The molecule has 1 aromatic heterocycles. The molecule has 0 aliphatic carbocycles. The van der Waals surface area contributed by atoms with Crippen molar-refractivity contribution in [1.82, 2.24) is 14.9 Å². The summed E-state index contributed by atoms with van der Waals surface area (Å²) in [5.41, 5.74) is 4.12. The number of fused-ring (bicyclic) bond motifs is 5. The van der Waals surface area contributed by atoms with Crippen LogP contribution in [0, 0.1) is 0 Å². The van der Waals surface area contributed by atoms with Gasteiger partial charge in [-0.2, -0.15) is 0 Å². The minimum absolute atomic E-state index is 0.591. The molecule has 1 saturated heterocycles. The highest BCUT2D eigenvalue weighted by atomic mass is 15.2. The molecule has 0 amide bonds. The molecule has 2 unspecified atom stereocenters. The second-order valence-electron chi connectivity index (χ2n) is 5.11. The number of hydrogen-bond donors (Lipinski definition) is 0. The first-order valence-corrected chi connectivity index (χ1v) is 6.53. The first kappa shape index (κ1) is 10.2. The lowest BCUT2D eigenvalue weighted by molar-refractivity contribution is 0.211. The molecule has 0 N–H and O–H groups in total. The summed E-state index contributed by atoms with van der Waals surface area (Å²) in [5, 5.41) is 0. The molecule has 18 heavy (non-hydrogen) atoms. The van der Waals surface area contributed by atoms with Crippen molar-refractivity contribution in [2.24, 2.45) is 0 Å². The topological polar surface area (TPSA) is 29.0 Å². The van der Waals surface area contributed by atoms with Crippen molar-refractivity contribution < 1.29 is 0 Å². The van der Waals surface area contributed by atoms with Crippen LogP contribution in [0.5, 0.6) is 0 Å². The highest BCUT2D eigenvalue weighted by Crippen LogP contribution is 2.53. The Balaban J connectivity index is 1.66. The first-order valence-electron chi connectivity index (χ1n) is 6.53. The SMILES string of the molecule is c1ccc2c(c1)C1CCC2N1Cc1cnccn1. The van der Waals surface area contributed by atoms with E-state index in [1.165, 1.54) is 24.0 Å². The van der Waals surface area contributed by atoms with Gasteiger partial charge in [0.25, 0.3) is 0 Å². The van der Waals surface area contributed by atoms with Gasteiger partial charge in [-0.05, 0) is 24.0 Å². The van der Waals surface area contributed by atoms with Gasteiger partial charge in [-0.15, -0.1) is 0 Å². The van der Waals surface area contributed by atoms with Crippen LogP contribution in [-0.4, -0.2) is 14.9 Å². The third-order valence-corrected chi connectivity index (χ3v) is 4.19. The minimum atomic E-state index is 0.591. The molecule has 0 radical (unpaired) electrons. The number of rotatable bonds is 2. The van der Waals surface area contributed by atoms with Gasteiger partial charge in [0.1, 0.15) is 0 Å². The monoisotopic (exact) mass is 237 g/mol. The van der Waals surface area contributed by atoms with Crippen LogP contribution in [0.2, 0.25) is 0 Å².